The zero-order chi connectivity index (χ0) is 11.4. The molecule has 0 N–H and O–H groups in total. The summed E-state index contributed by atoms with van der Waals surface area (Å²) in [6.45, 7) is 0. The second-order valence-corrected chi connectivity index (χ2v) is 4.63. The van der Waals surface area contributed by atoms with Gasteiger partial charge in [-0.25, -0.2) is 4.39 Å². The lowest BCUT2D eigenvalue weighted by Crippen LogP contribution is -1.94. The third-order valence-corrected chi connectivity index (χ3v) is 3.08. The molecule has 0 heterocycles. The van der Waals surface area contributed by atoms with Crippen molar-refractivity contribution in [2.24, 2.45) is 0 Å². The molecule has 0 aliphatic heterocycles. The second kappa shape index (κ2) is 5.26. The minimum atomic E-state index is -0.111. The minimum Gasteiger partial charge on any atom is -0.207 e. The Morgan fingerprint density at radius 1 is 0.875 bits per heavy atom. The first kappa shape index (κ1) is 11.3. The topological polar surface area (TPSA) is 0 Å². The van der Waals surface area contributed by atoms with Crippen LogP contribution in [-0.4, -0.2) is 0 Å². The summed E-state index contributed by atoms with van der Waals surface area (Å²) in [5.74, 6) is -0.111. The largest absolute Gasteiger partial charge is 0.207 e. The summed E-state index contributed by atoms with van der Waals surface area (Å²) in [6.07, 6.45) is 1.61. The molecule has 0 amide bonds. The van der Waals surface area contributed by atoms with E-state index in [2.05, 4.69) is 28.1 Å². The van der Waals surface area contributed by atoms with E-state index in [0.717, 1.165) is 22.9 Å². The molecule has 0 radical (unpaired) electrons. The lowest BCUT2D eigenvalue weighted by atomic mass is 10.0. The lowest BCUT2D eigenvalue weighted by molar-refractivity contribution is 0.608. The zero-order valence-corrected chi connectivity index (χ0v) is 10.4. The zero-order valence-electron chi connectivity index (χ0n) is 8.79. The summed E-state index contributed by atoms with van der Waals surface area (Å²) in [6, 6.07) is 15.1. The molecule has 2 heteroatoms. The van der Waals surface area contributed by atoms with Gasteiger partial charge in [0.2, 0.25) is 0 Å². The van der Waals surface area contributed by atoms with E-state index in [1.54, 1.807) is 6.07 Å². The standard InChI is InChI=1S/C14H12BrF/c15-13-9-6-11(7-10-13)5-8-12-3-1-2-4-14(12)16/h1-4,6-7,9-10H,5,8H2. The number of benzene rings is 2. The van der Waals surface area contributed by atoms with E-state index in [-0.39, 0.29) is 5.82 Å². The van der Waals surface area contributed by atoms with Gasteiger partial charge in [0.05, 0.1) is 0 Å². The maximum atomic E-state index is 13.3. The van der Waals surface area contributed by atoms with E-state index in [1.807, 2.05) is 24.3 Å². The SMILES string of the molecule is Fc1ccccc1CCc1ccc(Br)cc1. The van der Waals surface area contributed by atoms with Crippen molar-refractivity contribution < 1.29 is 4.39 Å². The van der Waals surface area contributed by atoms with Gasteiger partial charge in [-0.3, -0.25) is 0 Å². The van der Waals surface area contributed by atoms with E-state index in [0.29, 0.717) is 0 Å². The van der Waals surface area contributed by atoms with Crippen molar-refractivity contribution in [1.29, 1.82) is 0 Å². The molecule has 0 aromatic heterocycles. The Hall–Kier alpha value is -1.15. The summed E-state index contributed by atoms with van der Waals surface area (Å²) in [7, 11) is 0. The molecule has 0 spiro atoms. The van der Waals surface area contributed by atoms with Gasteiger partial charge in [-0.2, -0.15) is 0 Å². The summed E-state index contributed by atoms with van der Waals surface area (Å²) in [5, 5.41) is 0. The number of hydrogen-bond acceptors (Lipinski definition) is 0. The van der Waals surface area contributed by atoms with E-state index < -0.39 is 0 Å². The fourth-order valence-electron chi connectivity index (χ4n) is 1.63. The van der Waals surface area contributed by atoms with Crippen LogP contribution in [0.25, 0.3) is 0 Å². The molecular weight excluding hydrogens is 267 g/mol. The first-order valence-electron chi connectivity index (χ1n) is 5.23. The van der Waals surface area contributed by atoms with Gasteiger partial charge in [0.25, 0.3) is 0 Å². The van der Waals surface area contributed by atoms with Crippen LogP contribution in [0.1, 0.15) is 11.1 Å². The Bertz CT molecular complexity index is 462. The van der Waals surface area contributed by atoms with Crippen LogP contribution in [0.2, 0.25) is 0 Å². The van der Waals surface area contributed by atoms with Crippen molar-refractivity contribution in [1.82, 2.24) is 0 Å². The van der Waals surface area contributed by atoms with Crippen LogP contribution in [0.5, 0.6) is 0 Å². The van der Waals surface area contributed by atoms with Gasteiger partial charge in [0.15, 0.2) is 0 Å². The Morgan fingerprint density at radius 2 is 1.56 bits per heavy atom. The predicted molar refractivity (Wildman–Crippen MR) is 68.0 cm³/mol. The molecule has 16 heavy (non-hydrogen) atoms. The van der Waals surface area contributed by atoms with Crippen molar-refractivity contribution in [2.75, 3.05) is 0 Å². The van der Waals surface area contributed by atoms with Gasteiger partial charge in [0, 0.05) is 4.47 Å². The van der Waals surface area contributed by atoms with Crippen LogP contribution in [0.3, 0.4) is 0 Å². The van der Waals surface area contributed by atoms with Gasteiger partial charge in [-0.05, 0) is 42.2 Å². The second-order valence-electron chi connectivity index (χ2n) is 3.72. The Morgan fingerprint density at radius 3 is 2.25 bits per heavy atom. The number of rotatable bonds is 3. The first-order chi connectivity index (χ1) is 7.75. The fourth-order valence-corrected chi connectivity index (χ4v) is 1.90. The minimum absolute atomic E-state index is 0.111. The maximum Gasteiger partial charge on any atom is 0.126 e. The van der Waals surface area contributed by atoms with Crippen LogP contribution in [-0.2, 0) is 12.8 Å². The molecule has 0 aliphatic carbocycles. The molecule has 0 atom stereocenters. The van der Waals surface area contributed by atoms with Crippen molar-refractivity contribution in [2.45, 2.75) is 12.8 Å². The van der Waals surface area contributed by atoms with Crippen molar-refractivity contribution in [3.05, 3.63) is 69.9 Å². The van der Waals surface area contributed by atoms with Gasteiger partial charge in [0.1, 0.15) is 5.82 Å². The number of aryl methyl sites for hydroxylation is 2. The highest BCUT2D eigenvalue weighted by Gasteiger charge is 2.01. The highest BCUT2D eigenvalue weighted by molar-refractivity contribution is 9.10. The monoisotopic (exact) mass is 278 g/mol. The van der Waals surface area contributed by atoms with Gasteiger partial charge < -0.3 is 0 Å². The number of halogens is 2. The molecule has 0 fully saturated rings. The van der Waals surface area contributed by atoms with Gasteiger partial charge in [-0.1, -0.05) is 46.3 Å². The lowest BCUT2D eigenvalue weighted by Gasteiger charge is -2.03. The van der Waals surface area contributed by atoms with Crippen molar-refractivity contribution in [3.8, 4) is 0 Å². The third-order valence-electron chi connectivity index (χ3n) is 2.55. The van der Waals surface area contributed by atoms with Gasteiger partial charge in [-0.15, -0.1) is 0 Å². The van der Waals surface area contributed by atoms with Crippen LogP contribution < -0.4 is 0 Å². The van der Waals surface area contributed by atoms with Crippen LogP contribution >= 0.6 is 15.9 Å². The third kappa shape index (κ3) is 2.92. The predicted octanol–water partition coefficient (Wildman–Crippen LogP) is 4.37. The highest BCUT2D eigenvalue weighted by Crippen LogP contribution is 2.14. The molecule has 2 rings (SSSR count). The van der Waals surface area contributed by atoms with Crippen LogP contribution in [0.15, 0.2) is 53.0 Å². The fraction of sp³-hybridized carbons (Fsp3) is 0.143. The van der Waals surface area contributed by atoms with E-state index >= 15 is 0 Å². The highest BCUT2D eigenvalue weighted by atomic mass is 79.9. The molecule has 0 nitrogen and oxygen atoms in total. The maximum absolute atomic E-state index is 13.3. The average molecular weight is 279 g/mol. The summed E-state index contributed by atoms with van der Waals surface area (Å²) in [4.78, 5) is 0. The van der Waals surface area contributed by atoms with E-state index in [9.17, 15) is 4.39 Å². The summed E-state index contributed by atoms with van der Waals surface area (Å²) in [5.41, 5.74) is 2.01. The quantitative estimate of drug-likeness (QED) is 0.782. The normalized spacial score (nSPS) is 10.4. The van der Waals surface area contributed by atoms with E-state index in [4.69, 9.17) is 0 Å². The van der Waals surface area contributed by atoms with E-state index in [1.165, 1.54) is 11.6 Å². The Labute approximate surface area is 103 Å². The molecular formula is C14H12BrF. The Kier molecular flexibility index (Phi) is 3.73. The molecule has 0 aliphatic rings. The van der Waals surface area contributed by atoms with Gasteiger partial charge >= 0.3 is 0 Å². The summed E-state index contributed by atoms with van der Waals surface area (Å²) < 4.78 is 14.4. The van der Waals surface area contributed by atoms with Crippen LogP contribution in [0, 0.1) is 5.82 Å². The average Bonchev–Trinajstić information content (AvgIpc) is 2.30. The first-order valence-corrected chi connectivity index (χ1v) is 6.03. The molecule has 2 aromatic rings. The Balaban J connectivity index is 2.02. The van der Waals surface area contributed by atoms with Crippen molar-refractivity contribution in [3.63, 3.8) is 0 Å². The summed E-state index contributed by atoms with van der Waals surface area (Å²) >= 11 is 3.39. The molecule has 2 aromatic carbocycles. The molecule has 82 valence electrons. The molecule has 0 bridgehead atoms. The van der Waals surface area contributed by atoms with Crippen LogP contribution in [0.4, 0.5) is 4.39 Å². The smallest absolute Gasteiger partial charge is 0.126 e. The number of hydrogen-bond donors (Lipinski definition) is 0. The molecule has 0 unspecified atom stereocenters. The van der Waals surface area contributed by atoms with Crippen molar-refractivity contribution >= 4 is 15.9 Å². The molecule has 0 saturated heterocycles. The molecule has 0 saturated carbocycles.